The third-order valence-corrected chi connectivity index (χ3v) is 3.90. The van der Waals surface area contributed by atoms with E-state index in [1.165, 1.54) is 7.11 Å². The fraction of sp³-hybridized carbons (Fsp3) is 0.421. The molecule has 2 rings (SSSR count). The zero-order chi connectivity index (χ0) is 18.9. The van der Waals surface area contributed by atoms with Gasteiger partial charge in [-0.2, -0.15) is 0 Å². The van der Waals surface area contributed by atoms with Crippen molar-refractivity contribution in [2.75, 3.05) is 20.7 Å². The van der Waals surface area contributed by atoms with E-state index in [0.29, 0.717) is 30.5 Å². The third kappa shape index (κ3) is 5.61. The smallest absolute Gasteiger partial charge is 0.337 e. The second-order valence-corrected chi connectivity index (χ2v) is 6.16. The first-order chi connectivity index (χ1) is 12.5. The zero-order valence-corrected chi connectivity index (χ0v) is 15.7. The Balaban J connectivity index is 1.77. The lowest BCUT2D eigenvalue weighted by Gasteiger charge is -2.10. The molecule has 1 aromatic heterocycles. The lowest BCUT2D eigenvalue weighted by atomic mass is 10.1. The molecule has 0 atom stereocenters. The molecule has 0 aliphatic rings. The predicted octanol–water partition coefficient (Wildman–Crippen LogP) is 2.49. The lowest BCUT2D eigenvalue weighted by molar-refractivity contribution is 0.0600. The molecule has 0 saturated carbocycles. The summed E-state index contributed by atoms with van der Waals surface area (Å²) < 4.78 is 10.00. The van der Waals surface area contributed by atoms with Crippen LogP contribution < -0.4 is 10.6 Å². The van der Waals surface area contributed by atoms with Crippen molar-refractivity contribution in [1.82, 2.24) is 15.8 Å². The number of nitrogens with zero attached hydrogens (tertiary/aromatic N) is 2. The standard InChI is InChI=1S/C19H26N4O3/c1-13(2)17-11-16(26-23-17)12-22-19(20-3)21-10-9-14-5-7-15(8-6-14)18(24)25-4/h5-8,11,13H,9-10,12H2,1-4H3,(H2,20,21,22). The third-order valence-electron chi connectivity index (χ3n) is 3.90. The summed E-state index contributed by atoms with van der Waals surface area (Å²) in [6, 6.07) is 9.33. The summed E-state index contributed by atoms with van der Waals surface area (Å²) >= 11 is 0. The van der Waals surface area contributed by atoms with Gasteiger partial charge >= 0.3 is 5.97 Å². The zero-order valence-electron chi connectivity index (χ0n) is 15.7. The Morgan fingerprint density at radius 1 is 1.27 bits per heavy atom. The molecule has 0 spiro atoms. The number of hydrogen-bond acceptors (Lipinski definition) is 5. The number of carbonyl (C=O) groups excluding carboxylic acids is 1. The number of esters is 1. The van der Waals surface area contributed by atoms with Crippen molar-refractivity contribution in [3.8, 4) is 0 Å². The molecule has 0 aliphatic heterocycles. The molecule has 140 valence electrons. The van der Waals surface area contributed by atoms with Crippen molar-refractivity contribution < 1.29 is 14.1 Å². The number of benzene rings is 1. The number of hydrogen-bond donors (Lipinski definition) is 2. The number of aromatic nitrogens is 1. The summed E-state index contributed by atoms with van der Waals surface area (Å²) in [6.45, 7) is 5.39. The molecule has 0 bridgehead atoms. The van der Waals surface area contributed by atoms with Crippen molar-refractivity contribution in [2.45, 2.75) is 32.7 Å². The summed E-state index contributed by atoms with van der Waals surface area (Å²) in [5.74, 6) is 1.48. The van der Waals surface area contributed by atoms with E-state index >= 15 is 0 Å². The molecule has 0 fully saturated rings. The molecular formula is C19H26N4O3. The van der Waals surface area contributed by atoms with Crippen molar-refractivity contribution in [3.63, 3.8) is 0 Å². The molecule has 26 heavy (non-hydrogen) atoms. The highest BCUT2D eigenvalue weighted by atomic mass is 16.5. The van der Waals surface area contributed by atoms with Crippen LogP contribution in [-0.2, 0) is 17.7 Å². The number of methoxy groups -OCH3 is 1. The Bertz CT molecular complexity index is 735. The maximum absolute atomic E-state index is 11.4. The predicted molar refractivity (Wildman–Crippen MR) is 100 cm³/mol. The van der Waals surface area contributed by atoms with E-state index < -0.39 is 0 Å². The van der Waals surface area contributed by atoms with E-state index in [-0.39, 0.29) is 5.97 Å². The number of rotatable bonds is 7. The number of ether oxygens (including phenoxy) is 1. The van der Waals surface area contributed by atoms with Gasteiger partial charge in [0.1, 0.15) is 0 Å². The van der Waals surface area contributed by atoms with Gasteiger partial charge in [-0.25, -0.2) is 4.79 Å². The van der Waals surface area contributed by atoms with Crippen LogP contribution in [0.15, 0.2) is 39.8 Å². The van der Waals surface area contributed by atoms with Crippen LogP contribution in [0.3, 0.4) is 0 Å². The molecular weight excluding hydrogens is 332 g/mol. The van der Waals surface area contributed by atoms with Crippen LogP contribution in [0.4, 0.5) is 0 Å². The highest BCUT2D eigenvalue weighted by molar-refractivity contribution is 5.89. The normalized spacial score (nSPS) is 11.5. The van der Waals surface area contributed by atoms with Crippen LogP contribution in [-0.4, -0.2) is 37.8 Å². The molecule has 2 aromatic rings. The van der Waals surface area contributed by atoms with E-state index in [2.05, 4.69) is 34.6 Å². The number of nitrogens with one attached hydrogen (secondary N) is 2. The second-order valence-electron chi connectivity index (χ2n) is 6.16. The van der Waals surface area contributed by atoms with E-state index in [0.717, 1.165) is 23.4 Å². The average Bonchev–Trinajstić information content (AvgIpc) is 3.13. The maximum atomic E-state index is 11.4. The van der Waals surface area contributed by atoms with Gasteiger partial charge in [-0.3, -0.25) is 4.99 Å². The van der Waals surface area contributed by atoms with Crippen LogP contribution in [0.2, 0.25) is 0 Å². The molecule has 0 aliphatic carbocycles. The minimum Gasteiger partial charge on any atom is -0.465 e. The molecule has 0 unspecified atom stereocenters. The lowest BCUT2D eigenvalue weighted by Crippen LogP contribution is -2.37. The molecule has 1 heterocycles. The maximum Gasteiger partial charge on any atom is 0.337 e. The first kappa shape index (κ1) is 19.5. The fourth-order valence-electron chi connectivity index (χ4n) is 2.33. The quantitative estimate of drug-likeness (QED) is 0.449. The Kier molecular flexibility index (Phi) is 7.20. The number of carbonyl (C=O) groups is 1. The topological polar surface area (TPSA) is 88.8 Å². The van der Waals surface area contributed by atoms with E-state index in [1.54, 1.807) is 19.2 Å². The highest BCUT2D eigenvalue weighted by Gasteiger charge is 2.08. The van der Waals surface area contributed by atoms with E-state index in [9.17, 15) is 4.79 Å². The summed E-state index contributed by atoms with van der Waals surface area (Å²) in [6.07, 6.45) is 0.807. The summed E-state index contributed by atoms with van der Waals surface area (Å²) in [4.78, 5) is 15.6. The van der Waals surface area contributed by atoms with Gasteiger partial charge in [0, 0.05) is 19.7 Å². The summed E-state index contributed by atoms with van der Waals surface area (Å²) in [5, 5.41) is 10.5. The molecule has 0 saturated heterocycles. The van der Waals surface area contributed by atoms with Crippen LogP contribution in [0.5, 0.6) is 0 Å². The van der Waals surface area contributed by atoms with Crippen molar-refractivity contribution >= 4 is 11.9 Å². The van der Waals surface area contributed by atoms with Gasteiger partial charge in [0.15, 0.2) is 11.7 Å². The number of guanidine groups is 1. The van der Waals surface area contributed by atoms with Gasteiger partial charge in [-0.1, -0.05) is 31.1 Å². The van der Waals surface area contributed by atoms with Gasteiger partial charge in [-0.15, -0.1) is 0 Å². The van der Waals surface area contributed by atoms with E-state index in [4.69, 9.17) is 9.26 Å². The summed E-state index contributed by atoms with van der Waals surface area (Å²) in [5.41, 5.74) is 2.62. The Labute approximate surface area is 153 Å². The minimum absolute atomic E-state index is 0.327. The number of aliphatic imine (C=N–C) groups is 1. The molecule has 7 nitrogen and oxygen atoms in total. The molecule has 0 amide bonds. The van der Waals surface area contributed by atoms with Crippen LogP contribution >= 0.6 is 0 Å². The first-order valence-electron chi connectivity index (χ1n) is 8.60. The van der Waals surface area contributed by atoms with Crippen LogP contribution in [0.25, 0.3) is 0 Å². The second kappa shape index (κ2) is 9.60. The van der Waals surface area contributed by atoms with Gasteiger partial charge in [0.25, 0.3) is 0 Å². The highest BCUT2D eigenvalue weighted by Crippen LogP contribution is 2.13. The van der Waals surface area contributed by atoms with Crippen LogP contribution in [0.1, 0.15) is 47.1 Å². The minimum atomic E-state index is -0.327. The Morgan fingerprint density at radius 3 is 2.58 bits per heavy atom. The largest absolute Gasteiger partial charge is 0.465 e. The SMILES string of the molecule is CN=C(NCCc1ccc(C(=O)OC)cc1)NCc1cc(C(C)C)no1. The van der Waals surface area contributed by atoms with Gasteiger partial charge in [-0.05, 0) is 30.0 Å². The van der Waals surface area contributed by atoms with Crippen molar-refractivity contribution in [2.24, 2.45) is 4.99 Å². The molecule has 0 radical (unpaired) electrons. The van der Waals surface area contributed by atoms with E-state index in [1.807, 2.05) is 18.2 Å². The first-order valence-corrected chi connectivity index (χ1v) is 8.60. The molecule has 1 aromatic carbocycles. The van der Waals surface area contributed by atoms with Gasteiger partial charge in [0.05, 0.1) is 24.9 Å². The van der Waals surface area contributed by atoms with Crippen molar-refractivity contribution in [1.29, 1.82) is 0 Å². The molecule has 2 N–H and O–H groups in total. The average molecular weight is 358 g/mol. The monoisotopic (exact) mass is 358 g/mol. The summed E-state index contributed by atoms with van der Waals surface area (Å²) in [7, 11) is 3.10. The fourth-order valence-corrected chi connectivity index (χ4v) is 2.33. The Hall–Kier alpha value is -2.83. The van der Waals surface area contributed by atoms with Gasteiger partial charge < -0.3 is 19.9 Å². The molecule has 7 heteroatoms. The Morgan fingerprint density at radius 2 is 2.00 bits per heavy atom. The van der Waals surface area contributed by atoms with Gasteiger partial charge in [0.2, 0.25) is 0 Å². The van der Waals surface area contributed by atoms with Crippen LogP contribution in [0, 0.1) is 0 Å². The van der Waals surface area contributed by atoms with Crippen molar-refractivity contribution in [3.05, 3.63) is 52.9 Å².